The first-order valence-electron chi connectivity index (χ1n) is 9.42. The molecule has 0 bridgehead atoms. The molecule has 166 valence electrons. The molecule has 32 heavy (non-hydrogen) atoms. The van der Waals surface area contributed by atoms with Gasteiger partial charge in [-0.25, -0.2) is 13.9 Å². The Hall–Kier alpha value is -3.47. The topological polar surface area (TPSA) is 84.6 Å². The molecule has 1 saturated heterocycles. The zero-order valence-corrected chi connectivity index (χ0v) is 17.4. The molecule has 0 aliphatic carbocycles. The predicted octanol–water partition coefficient (Wildman–Crippen LogP) is 3.46. The minimum atomic E-state index is -4.91. The number of amides is 3. The molecule has 1 aliphatic rings. The first kappa shape index (κ1) is 21.8. The molecule has 1 aromatic heterocycles. The van der Waals surface area contributed by atoms with Gasteiger partial charge in [0.2, 0.25) is 5.52 Å². The van der Waals surface area contributed by atoms with E-state index in [9.17, 15) is 32.2 Å². The highest BCUT2D eigenvalue weighted by molar-refractivity contribution is 7.86. The summed E-state index contributed by atoms with van der Waals surface area (Å²) >= 11 is 0. The van der Waals surface area contributed by atoms with Crippen molar-refractivity contribution in [1.29, 1.82) is 0 Å². The number of carbonyl (C=O) groups excluding carboxylic acids is 2. The van der Waals surface area contributed by atoms with Gasteiger partial charge < -0.3 is 10.1 Å². The maximum absolute atomic E-state index is 13.0. The smallest absolute Gasteiger partial charge is 0.475 e. The van der Waals surface area contributed by atoms with Gasteiger partial charge in [-0.15, -0.1) is 0 Å². The standard InChI is InChI=1S/C21H16F3N3O4S/c1-13-19(28)27(15-6-8-16(9-7-15)32(31)21(22,23)24)20(29)25(13)12-14-10-11-26(30)18-5-3-2-4-17(14)18/h2-11,13H,12H2,1H3/t13-,32?/m0/s1. The molecule has 3 amide bonds. The van der Waals surface area contributed by atoms with E-state index in [1.807, 2.05) is 0 Å². The molecule has 2 atom stereocenters. The molecule has 0 spiro atoms. The summed E-state index contributed by atoms with van der Waals surface area (Å²) in [6.07, 6.45) is 1.32. The van der Waals surface area contributed by atoms with Crippen LogP contribution in [0.1, 0.15) is 12.5 Å². The number of halogens is 3. The second kappa shape index (κ2) is 7.90. The van der Waals surface area contributed by atoms with Crippen LogP contribution in [-0.2, 0) is 22.1 Å². The largest absolute Gasteiger partial charge is 0.618 e. The Labute approximate surface area is 182 Å². The van der Waals surface area contributed by atoms with Gasteiger partial charge in [0, 0.05) is 23.6 Å². The van der Waals surface area contributed by atoms with Crippen LogP contribution < -0.4 is 9.63 Å². The number of hydrogen-bond acceptors (Lipinski definition) is 4. The van der Waals surface area contributed by atoms with E-state index in [0.29, 0.717) is 21.2 Å². The number of urea groups is 1. The summed E-state index contributed by atoms with van der Waals surface area (Å²) in [6.45, 7) is 1.60. The van der Waals surface area contributed by atoms with Crippen LogP contribution in [-0.4, -0.2) is 32.6 Å². The van der Waals surface area contributed by atoms with Crippen LogP contribution in [0.2, 0.25) is 0 Å². The number of alkyl halides is 3. The number of pyridine rings is 1. The average Bonchev–Trinajstić information content (AvgIpc) is 2.98. The molecule has 0 saturated carbocycles. The monoisotopic (exact) mass is 463 g/mol. The minimum absolute atomic E-state index is 0.0553. The van der Waals surface area contributed by atoms with Crippen LogP contribution in [0, 0.1) is 5.21 Å². The van der Waals surface area contributed by atoms with Crippen LogP contribution in [0.15, 0.2) is 65.7 Å². The molecule has 11 heteroatoms. The lowest BCUT2D eigenvalue weighted by atomic mass is 10.1. The Balaban J connectivity index is 1.62. The third-order valence-corrected chi connectivity index (χ3v) is 6.36. The van der Waals surface area contributed by atoms with Crippen molar-refractivity contribution in [3.8, 4) is 0 Å². The van der Waals surface area contributed by atoms with Gasteiger partial charge in [-0.1, -0.05) is 12.1 Å². The summed E-state index contributed by atoms with van der Waals surface area (Å²) in [7, 11) is -3.21. The van der Waals surface area contributed by atoms with Gasteiger partial charge in [0.25, 0.3) is 5.91 Å². The highest BCUT2D eigenvalue weighted by atomic mass is 32.2. The minimum Gasteiger partial charge on any atom is -0.618 e. The summed E-state index contributed by atoms with van der Waals surface area (Å²) in [4.78, 5) is 27.5. The highest BCUT2D eigenvalue weighted by Gasteiger charge is 2.44. The lowest BCUT2D eigenvalue weighted by molar-refractivity contribution is -0.577. The molecule has 7 nitrogen and oxygen atoms in total. The van der Waals surface area contributed by atoms with Gasteiger partial charge in [-0.2, -0.15) is 17.9 Å². The Morgan fingerprint density at radius 3 is 2.38 bits per heavy atom. The number of anilines is 1. The maximum atomic E-state index is 13.0. The first-order valence-corrected chi connectivity index (χ1v) is 10.6. The number of para-hydroxylation sites is 1. The van der Waals surface area contributed by atoms with Crippen LogP contribution >= 0.6 is 0 Å². The van der Waals surface area contributed by atoms with Crippen molar-refractivity contribution in [2.24, 2.45) is 0 Å². The van der Waals surface area contributed by atoms with E-state index in [-0.39, 0.29) is 12.2 Å². The van der Waals surface area contributed by atoms with E-state index < -0.39 is 39.2 Å². The van der Waals surface area contributed by atoms with Crippen molar-refractivity contribution in [2.75, 3.05) is 4.90 Å². The lowest BCUT2D eigenvalue weighted by Gasteiger charge is -2.20. The van der Waals surface area contributed by atoms with Crippen LogP contribution in [0.4, 0.5) is 23.7 Å². The number of aromatic nitrogens is 1. The number of fused-ring (bicyclic) bond motifs is 1. The molecular weight excluding hydrogens is 447 g/mol. The Bertz CT molecular complexity index is 1250. The molecule has 1 fully saturated rings. The van der Waals surface area contributed by atoms with E-state index in [2.05, 4.69) is 0 Å². The average molecular weight is 463 g/mol. The second-order valence-electron chi connectivity index (χ2n) is 7.15. The van der Waals surface area contributed by atoms with E-state index >= 15 is 0 Å². The highest BCUT2D eigenvalue weighted by Crippen LogP contribution is 2.31. The number of rotatable bonds is 4. The fourth-order valence-corrected chi connectivity index (χ4v) is 4.24. The van der Waals surface area contributed by atoms with Gasteiger partial charge >= 0.3 is 11.5 Å². The van der Waals surface area contributed by atoms with Crippen molar-refractivity contribution >= 4 is 39.3 Å². The number of benzene rings is 2. The summed E-state index contributed by atoms with van der Waals surface area (Å²) in [5.74, 6) is -0.543. The van der Waals surface area contributed by atoms with E-state index in [1.54, 1.807) is 37.3 Å². The van der Waals surface area contributed by atoms with E-state index in [4.69, 9.17) is 0 Å². The Morgan fingerprint density at radius 2 is 1.72 bits per heavy atom. The van der Waals surface area contributed by atoms with Gasteiger partial charge in [0.1, 0.15) is 6.04 Å². The van der Waals surface area contributed by atoms with Crippen molar-refractivity contribution < 1.29 is 31.7 Å². The van der Waals surface area contributed by atoms with Gasteiger partial charge in [-0.3, -0.25) is 4.79 Å². The summed E-state index contributed by atoms with van der Waals surface area (Å²) < 4.78 is 50.2. The fourth-order valence-electron chi connectivity index (χ4n) is 3.59. The van der Waals surface area contributed by atoms with Crippen molar-refractivity contribution in [3.05, 3.63) is 71.6 Å². The molecule has 0 N–H and O–H groups in total. The normalized spacial score (nSPS) is 17.9. The molecule has 1 aliphatic heterocycles. The SMILES string of the molecule is C[C@H]1C(=O)N(c2ccc(S(=O)C(F)(F)F)cc2)C(=O)N1Cc1cc[n+]([O-])c2ccccc12. The van der Waals surface area contributed by atoms with Gasteiger partial charge in [0.15, 0.2) is 17.0 Å². The van der Waals surface area contributed by atoms with Crippen molar-refractivity contribution in [3.63, 3.8) is 0 Å². The van der Waals surface area contributed by atoms with Gasteiger partial charge in [0.05, 0.1) is 11.1 Å². The number of carbonyl (C=O) groups is 2. The number of hydrogen-bond donors (Lipinski definition) is 0. The third kappa shape index (κ3) is 3.68. The summed E-state index contributed by atoms with van der Waals surface area (Å²) in [6, 6.07) is 11.2. The molecular formula is C21H16F3N3O4S. The molecule has 2 heterocycles. The summed E-state index contributed by atoms with van der Waals surface area (Å²) in [5.41, 5.74) is -3.75. The quantitative estimate of drug-likeness (QED) is 0.337. The van der Waals surface area contributed by atoms with E-state index in [1.165, 1.54) is 11.1 Å². The fraction of sp³-hybridized carbons (Fsp3) is 0.190. The van der Waals surface area contributed by atoms with Crippen LogP contribution in [0.25, 0.3) is 10.9 Å². The Kier molecular flexibility index (Phi) is 5.37. The molecule has 4 rings (SSSR count). The lowest BCUT2D eigenvalue weighted by Crippen LogP contribution is -2.34. The zero-order chi connectivity index (χ0) is 23.2. The summed E-state index contributed by atoms with van der Waals surface area (Å²) in [5, 5.41) is 12.6. The van der Waals surface area contributed by atoms with Gasteiger partial charge in [-0.05, 0) is 42.8 Å². The first-order chi connectivity index (χ1) is 15.1. The number of imide groups is 1. The molecule has 3 aromatic rings. The molecule has 0 radical (unpaired) electrons. The third-order valence-electron chi connectivity index (χ3n) is 5.24. The van der Waals surface area contributed by atoms with E-state index in [0.717, 1.165) is 29.2 Å². The van der Waals surface area contributed by atoms with Crippen molar-refractivity contribution in [1.82, 2.24) is 4.90 Å². The van der Waals surface area contributed by atoms with Crippen LogP contribution in [0.5, 0.6) is 0 Å². The second-order valence-corrected chi connectivity index (χ2v) is 8.62. The maximum Gasteiger partial charge on any atom is 0.475 e. The zero-order valence-electron chi connectivity index (χ0n) is 16.6. The Morgan fingerprint density at radius 1 is 1.06 bits per heavy atom. The van der Waals surface area contributed by atoms with Crippen LogP contribution in [0.3, 0.4) is 0 Å². The molecule has 1 unspecified atom stereocenters. The molecule has 2 aromatic carbocycles. The predicted molar refractivity (Wildman–Crippen MR) is 110 cm³/mol. The van der Waals surface area contributed by atoms with Crippen molar-refractivity contribution in [2.45, 2.75) is 29.9 Å². The number of nitrogens with zero attached hydrogens (tertiary/aromatic N) is 3.